The molecule has 0 aromatic rings. The minimum absolute atomic E-state index is 0.271. The predicted octanol–water partition coefficient (Wildman–Crippen LogP) is -0.838. The van der Waals surface area contributed by atoms with E-state index in [1.54, 1.807) is 11.3 Å². The molecule has 1 N–H and O–H groups in total. The second kappa shape index (κ2) is 3.77. The summed E-state index contributed by atoms with van der Waals surface area (Å²) in [6.45, 7) is 0.271. The lowest BCUT2D eigenvalue weighted by Crippen LogP contribution is -2.31. The molecule has 0 aliphatic rings. The summed E-state index contributed by atoms with van der Waals surface area (Å²) in [7, 11) is 3.63. The second-order valence-corrected chi connectivity index (χ2v) is 1.37. The first kappa shape index (κ1) is 6.59. The molecule has 0 atom stereocenters. The van der Waals surface area contributed by atoms with E-state index in [-0.39, 0.29) is 6.54 Å². The van der Waals surface area contributed by atoms with Crippen LogP contribution in [-0.2, 0) is 4.79 Å². The van der Waals surface area contributed by atoms with Gasteiger partial charge in [0.15, 0.2) is 0 Å². The fourth-order valence-corrected chi connectivity index (χ4v) is 0.190. The first-order chi connectivity index (χ1) is 3.27. The van der Waals surface area contributed by atoms with Crippen molar-refractivity contribution in [1.82, 2.24) is 10.4 Å². The third kappa shape index (κ3) is 5.59. The molecule has 41 valence electrons. The molecule has 0 aliphatic heterocycles. The van der Waals surface area contributed by atoms with Crippen LogP contribution in [0.1, 0.15) is 0 Å². The van der Waals surface area contributed by atoms with Crippen LogP contribution in [0.15, 0.2) is 0 Å². The maximum atomic E-state index is 9.50. The molecule has 3 nitrogen and oxygen atoms in total. The van der Waals surface area contributed by atoms with E-state index in [4.69, 9.17) is 0 Å². The first-order valence-corrected chi connectivity index (χ1v) is 2.03. The van der Waals surface area contributed by atoms with Crippen LogP contribution >= 0.6 is 0 Å². The fourth-order valence-electron chi connectivity index (χ4n) is 0.190. The molecule has 0 rings (SSSR count). The summed E-state index contributed by atoms with van der Waals surface area (Å²) in [6, 6.07) is 0. The zero-order valence-corrected chi connectivity index (χ0v) is 4.56. The third-order valence-electron chi connectivity index (χ3n) is 0.467. The van der Waals surface area contributed by atoms with Crippen molar-refractivity contribution >= 4 is 6.29 Å². The lowest BCUT2D eigenvalue weighted by atomic mass is 10.8. The largest absolute Gasteiger partial charge is 0.289 e. The summed E-state index contributed by atoms with van der Waals surface area (Å²) in [5.74, 6) is 0. The Morgan fingerprint density at radius 3 is 2.43 bits per heavy atom. The van der Waals surface area contributed by atoms with Gasteiger partial charge in [0, 0.05) is 14.1 Å². The molecule has 0 aliphatic carbocycles. The van der Waals surface area contributed by atoms with Crippen molar-refractivity contribution in [3.63, 3.8) is 0 Å². The second-order valence-electron chi connectivity index (χ2n) is 1.37. The van der Waals surface area contributed by atoms with Gasteiger partial charge in [-0.3, -0.25) is 9.80 Å². The van der Waals surface area contributed by atoms with E-state index in [1.165, 1.54) is 0 Å². The summed E-state index contributed by atoms with van der Waals surface area (Å²) in [5, 5.41) is 1.70. The smallest absolute Gasteiger partial charge is 0.214 e. The molecule has 3 heteroatoms. The maximum Gasteiger partial charge on any atom is 0.214 e. The topological polar surface area (TPSA) is 32.3 Å². The van der Waals surface area contributed by atoms with E-state index >= 15 is 0 Å². The maximum absolute atomic E-state index is 9.50. The molecule has 1 radical (unpaired) electrons. The number of rotatable bonds is 3. The van der Waals surface area contributed by atoms with Crippen LogP contribution in [0.2, 0.25) is 0 Å². The molecular formula is C4H9N2O. The van der Waals surface area contributed by atoms with Crippen LogP contribution in [0.3, 0.4) is 0 Å². The summed E-state index contributed by atoms with van der Waals surface area (Å²) in [4.78, 5) is 9.50. The number of hydrogen-bond donors (Lipinski definition) is 1. The lowest BCUT2D eigenvalue weighted by Gasteiger charge is -2.06. The first-order valence-electron chi connectivity index (χ1n) is 2.03. The summed E-state index contributed by atoms with van der Waals surface area (Å²) in [5.41, 5.74) is 2.70. The van der Waals surface area contributed by atoms with E-state index in [2.05, 4.69) is 5.43 Å². The minimum atomic E-state index is 0.271. The van der Waals surface area contributed by atoms with Crippen LogP contribution in [0, 0.1) is 0 Å². The van der Waals surface area contributed by atoms with E-state index in [1.807, 2.05) is 14.1 Å². The Kier molecular flexibility index (Phi) is 3.55. The molecule has 0 aromatic carbocycles. The normalized spacial score (nSPS) is 9.57. The van der Waals surface area contributed by atoms with E-state index in [9.17, 15) is 4.79 Å². The fraction of sp³-hybridized carbons (Fsp3) is 0.750. The van der Waals surface area contributed by atoms with Gasteiger partial charge in [-0.1, -0.05) is 0 Å². The van der Waals surface area contributed by atoms with Crippen LogP contribution in [0.4, 0.5) is 0 Å². The molecule has 0 bridgehead atoms. The zero-order valence-electron chi connectivity index (χ0n) is 4.56. The molecule has 0 saturated heterocycles. The molecule has 0 fully saturated rings. The van der Waals surface area contributed by atoms with Gasteiger partial charge in [0.25, 0.3) is 0 Å². The summed E-state index contributed by atoms with van der Waals surface area (Å²) < 4.78 is 0. The third-order valence-corrected chi connectivity index (χ3v) is 0.467. The number of nitrogens with one attached hydrogen (secondary N) is 1. The van der Waals surface area contributed by atoms with Gasteiger partial charge in [-0.2, -0.15) is 0 Å². The van der Waals surface area contributed by atoms with Gasteiger partial charge in [0.2, 0.25) is 6.29 Å². The van der Waals surface area contributed by atoms with Gasteiger partial charge < -0.3 is 0 Å². The van der Waals surface area contributed by atoms with Gasteiger partial charge in [-0.15, -0.1) is 0 Å². The van der Waals surface area contributed by atoms with Crippen molar-refractivity contribution in [3.8, 4) is 0 Å². The Labute approximate surface area is 43.3 Å². The summed E-state index contributed by atoms with van der Waals surface area (Å²) in [6.07, 6.45) is 1.70. The molecular weight excluding hydrogens is 92.1 g/mol. The molecule has 7 heavy (non-hydrogen) atoms. The Morgan fingerprint density at radius 1 is 1.71 bits per heavy atom. The molecule has 0 unspecified atom stereocenters. The van der Waals surface area contributed by atoms with Gasteiger partial charge in [0.05, 0.1) is 6.54 Å². The number of hydrazine groups is 1. The standard InChI is InChI=1S/C4H9N2O/c1-6(2)5-3-4-7/h5H,3H2,1-2H3. The van der Waals surface area contributed by atoms with Gasteiger partial charge in [0.1, 0.15) is 0 Å². The van der Waals surface area contributed by atoms with Crippen molar-refractivity contribution in [1.29, 1.82) is 0 Å². The molecule has 0 saturated carbocycles. The Balaban J connectivity index is 2.81. The van der Waals surface area contributed by atoms with Crippen molar-refractivity contribution in [3.05, 3.63) is 0 Å². The van der Waals surface area contributed by atoms with Crippen molar-refractivity contribution in [2.75, 3.05) is 20.6 Å². The molecule has 0 aromatic heterocycles. The highest BCUT2D eigenvalue weighted by molar-refractivity contribution is 5.52. The van der Waals surface area contributed by atoms with Gasteiger partial charge in [-0.05, 0) is 0 Å². The molecule has 0 amide bonds. The van der Waals surface area contributed by atoms with Crippen LogP contribution < -0.4 is 5.43 Å². The average Bonchev–Trinajstić information content (AvgIpc) is 1.61. The highest BCUT2D eigenvalue weighted by Gasteiger charge is 1.81. The van der Waals surface area contributed by atoms with E-state index in [0.717, 1.165) is 0 Å². The van der Waals surface area contributed by atoms with Crippen molar-refractivity contribution < 1.29 is 4.79 Å². The van der Waals surface area contributed by atoms with Crippen LogP contribution in [0.25, 0.3) is 0 Å². The number of hydrogen-bond acceptors (Lipinski definition) is 3. The monoisotopic (exact) mass is 101 g/mol. The Bertz CT molecular complexity index is 53.7. The highest BCUT2D eigenvalue weighted by Crippen LogP contribution is 1.56. The van der Waals surface area contributed by atoms with Crippen LogP contribution in [-0.4, -0.2) is 31.9 Å². The van der Waals surface area contributed by atoms with Crippen molar-refractivity contribution in [2.24, 2.45) is 0 Å². The number of nitrogens with zero attached hydrogens (tertiary/aromatic N) is 1. The Morgan fingerprint density at radius 2 is 2.29 bits per heavy atom. The molecule has 0 heterocycles. The zero-order chi connectivity index (χ0) is 5.70. The summed E-state index contributed by atoms with van der Waals surface area (Å²) >= 11 is 0. The van der Waals surface area contributed by atoms with Crippen molar-refractivity contribution in [2.45, 2.75) is 0 Å². The highest BCUT2D eigenvalue weighted by atomic mass is 16.1. The quantitative estimate of drug-likeness (QED) is 0.470. The average molecular weight is 101 g/mol. The van der Waals surface area contributed by atoms with Gasteiger partial charge in [-0.25, -0.2) is 5.43 Å². The van der Waals surface area contributed by atoms with Gasteiger partial charge >= 0.3 is 0 Å². The predicted molar refractivity (Wildman–Crippen MR) is 27.4 cm³/mol. The minimum Gasteiger partial charge on any atom is -0.289 e. The van der Waals surface area contributed by atoms with E-state index < -0.39 is 0 Å². The lowest BCUT2D eigenvalue weighted by molar-refractivity contribution is 0.308. The Hall–Kier alpha value is -0.410. The SMILES string of the molecule is CN(C)NC[C]=O. The number of carbonyl (C=O) groups excluding carboxylic acids is 1. The van der Waals surface area contributed by atoms with Crippen LogP contribution in [0.5, 0.6) is 0 Å². The molecule has 0 spiro atoms. The van der Waals surface area contributed by atoms with E-state index in [0.29, 0.717) is 0 Å².